The van der Waals surface area contributed by atoms with E-state index in [4.69, 9.17) is 11.6 Å². The Hall–Kier alpha value is -1.33. The average Bonchev–Trinajstić information content (AvgIpc) is 2.67. The van der Waals surface area contributed by atoms with Gasteiger partial charge in [-0.05, 0) is 18.4 Å². The van der Waals surface area contributed by atoms with Crippen LogP contribution >= 0.6 is 23.4 Å². The van der Waals surface area contributed by atoms with Gasteiger partial charge in [0.15, 0.2) is 10.8 Å². The summed E-state index contributed by atoms with van der Waals surface area (Å²) in [6, 6.07) is 5.80. The predicted octanol–water partition coefficient (Wildman–Crippen LogP) is 2.65. The molecule has 0 spiro atoms. The van der Waals surface area contributed by atoms with E-state index in [0.29, 0.717) is 16.0 Å². The first-order chi connectivity index (χ1) is 7.79. The Morgan fingerprint density at radius 1 is 1.31 bits per heavy atom. The average molecular weight is 251 g/mol. The van der Waals surface area contributed by atoms with Crippen LogP contribution in [0.1, 0.15) is 0 Å². The van der Waals surface area contributed by atoms with Crippen LogP contribution in [0, 0.1) is 0 Å². The Balaban J connectivity index is 2.50. The first-order valence-corrected chi connectivity index (χ1v) is 6.24. The van der Waals surface area contributed by atoms with E-state index in [-0.39, 0.29) is 0 Å². The molecule has 0 N–H and O–H groups in total. The van der Waals surface area contributed by atoms with Crippen LogP contribution in [0.25, 0.3) is 16.6 Å². The molecule has 80 valence electrons. The van der Waals surface area contributed by atoms with Gasteiger partial charge < -0.3 is 0 Å². The molecule has 0 unspecified atom stereocenters. The monoisotopic (exact) mass is 250 g/mol. The van der Waals surface area contributed by atoms with Crippen LogP contribution in [0.2, 0.25) is 5.15 Å². The lowest BCUT2D eigenvalue weighted by Crippen LogP contribution is -1.87. The highest BCUT2D eigenvalue weighted by molar-refractivity contribution is 7.98. The maximum absolute atomic E-state index is 6.14. The number of aromatic nitrogens is 4. The molecule has 16 heavy (non-hydrogen) atoms. The maximum atomic E-state index is 6.14. The lowest BCUT2D eigenvalue weighted by molar-refractivity contribution is 0.941. The molecule has 0 saturated heterocycles. The standard InChI is InChI=1S/C10H7ClN4S/c1-16-10-12-8(11)7-6-4-2-3-5-15(6)14-9(7)13-10/h2-5H,1H3. The van der Waals surface area contributed by atoms with E-state index in [9.17, 15) is 0 Å². The lowest BCUT2D eigenvalue weighted by atomic mass is 10.3. The van der Waals surface area contributed by atoms with Gasteiger partial charge in [0.2, 0.25) is 0 Å². The van der Waals surface area contributed by atoms with Crippen molar-refractivity contribution in [1.82, 2.24) is 19.6 Å². The topological polar surface area (TPSA) is 43.1 Å². The fourth-order valence-corrected chi connectivity index (χ4v) is 2.28. The Morgan fingerprint density at radius 2 is 2.19 bits per heavy atom. The Bertz CT molecular complexity index is 679. The van der Waals surface area contributed by atoms with Crippen molar-refractivity contribution in [2.24, 2.45) is 0 Å². The van der Waals surface area contributed by atoms with E-state index >= 15 is 0 Å². The highest BCUT2D eigenvalue weighted by atomic mass is 35.5. The minimum absolute atomic E-state index is 0.454. The van der Waals surface area contributed by atoms with Crippen LogP contribution in [0.3, 0.4) is 0 Å². The van der Waals surface area contributed by atoms with Crippen LogP contribution in [-0.4, -0.2) is 25.8 Å². The summed E-state index contributed by atoms with van der Waals surface area (Å²) in [4.78, 5) is 8.53. The predicted molar refractivity (Wildman–Crippen MR) is 65.1 cm³/mol. The first kappa shape index (κ1) is 9.86. The van der Waals surface area contributed by atoms with Crippen molar-refractivity contribution in [2.75, 3.05) is 6.26 Å². The van der Waals surface area contributed by atoms with Crippen molar-refractivity contribution in [3.63, 3.8) is 0 Å². The summed E-state index contributed by atoms with van der Waals surface area (Å²) in [7, 11) is 0. The largest absolute Gasteiger partial charge is 0.238 e. The first-order valence-electron chi connectivity index (χ1n) is 4.64. The third-order valence-electron chi connectivity index (χ3n) is 2.31. The zero-order chi connectivity index (χ0) is 11.1. The zero-order valence-corrected chi connectivity index (χ0v) is 9.96. The molecular formula is C10H7ClN4S. The van der Waals surface area contributed by atoms with Crippen molar-refractivity contribution in [3.05, 3.63) is 29.5 Å². The second kappa shape index (κ2) is 3.61. The number of pyridine rings is 1. The summed E-state index contributed by atoms with van der Waals surface area (Å²) in [5, 5.41) is 6.25. The molecule has 0 aromatic carbocycles. The molecule has 0 fully saturated rings. The normalized spacial score (nSPS) is 11.4. The molecule has 0 radical (unpaired) electrons. The minimum Gasteiger partial charge on any atom is -0.238 e. The number of hydrogen-bond donors (Lipinski definition) is 0. The molecule has 3 rings (SSSR count). The number of nitrogens with zero attached hydrogens (tertiary/aromatic N) is 4. The van der Waals surface area contributed by atoms with Gasteiger partial charge in [0.1, 0.15) is 5.15 Å². The Labute approximate surface area is 101 Å². The molecule has 3 heterocycles. The van der Waals surface area contributed by atoms with Crippen molar-refractivity contribution in [3.8, 4) is 0 Å². The van der Waals surface area contributed by atoms with Gasteiger partial charge in [0, 0.05) is 6.20 Å². The SMILES string of the molecule is CSc1nc(Cl)c2c(n1)nn1ccccc21. The van der Waals surface area contributed by atoms with Gasteiger partial charge in [-0.1, -0.05) is 29.4 Å². The molecule has 4 nitrogen and oxygen atoms in total. The molecule has 6 heteroatoms. The summed E-state index contributed by atoms with van der Waals surface area (Å²) < 4.78 is 1.76. The fourth-order valence-electron chi connectivity index (χ4n) is 1.61. The molecule has 0 aliphatic heterocycles. The lowest BCUT2D eigenvalue weighted by Gasteiger charge is -1.96. The molecule has 0 atom stereocenters. The number of hydrogen-bond acceptors (Lipinski definition) is 4. The number of rotatable bonds is 1. The second-order valence-corrected chi connectivity index (χ2v) is 4.36. The van der Waals surface area contributed by atoms with Gasteiger partial charge in [0.05, 0.1) is 10.9 Å². The molecule has 0 aliphatic carbocycles. The van der Waals surface area contributed by atoms with Crippen LogP contribution in [0.5, 0.6) is 0 Å². The van der Waals surface area contributed by atoms with Crippen LogP contribution in [0.4, 0.5) is 0 Å². The molecule has 0 bridgehead atoms. The van der Waals surface area contributed by atoms with E-state index < -0.39 is 0 Å². The molecule has 0 aliphatic rings. The summed E-state index contributed by atoms with van der Waals surface area (Å²) in [6.45, 7) is 0. The van der Waals surface area contributed by atoms with Crippen molar-refractivity contribution < 1.29 is 0 Å². The third-order valence-corrected chi connectivity index (χ3v) is 3.13. The van der Waals surface area contributed by atoms with Crippen molar-refractivity contribution >= 4 is 39.9 Å². The molecule has 3 aromatic heterocycles. The maximum Gasteiger partial charge on any atom is 0.190 e. The number of fused-ring (bicyclic) bond motifs is 3. The van der Waals surface area contributed by atoms with Crippen molar-refractivity contribution in [2.45, 2.75) is 5.16 Å². The minimum atomic E-state index is 0.454. The van der Waals surface area contributed by atoms with Gasteiger partial charge in [0.25, 0.3) is 0 Å². The van der Waals surface area contributed by atoms with Gasteiger partial charge in [-0.15, -0.1) is 5.10 Å². The summed E-state index contributed by atoms with van der Waals surface area (Å²) in [5.41, 5.74) is 1.56. The molecule has 3 aromatic rings. The van der Waals surface area contributed by atoms with E-state index in [1.807, 2.05) is 30.7 Å². The quantitative estimate of drug-likeness (QED) is 0.378. The van der Waals surface area contributed by atoms with E-state index in [1.54, 1.807) is 4.52 Å². The highest BCUT2D eigenvalue weighted by Gasteiger charge is 2.12. The zero-order valence-electron chi connectivity index (χ0n) is 8.38. The van der Waals surface area contributed by atoms with Crippen molar-refractivity contribution in [1.29, 1.82) is 0 Å². The van der Waals surface area contributed by atoms with E-state index in [0.717, 1.165) is 10.9 Å². The summed E-state index contributed by atoms with van der Waals surface area (Å²) in [6.07, 6.45) is 3.78. The van der Waals surface area contributed by atoms with Crippen LogP contribution in [-0.2, 0) is 0 Å². The van der Waals surface area contributed by atoms with Crippen LogP contribution in [0.15, 0.2) is 29.6 Å². The smallest absolute Gasteiger partial charge is 0.190 e. The van der Waals surface area contributed by atoms with Gasteiger partial charge in [-0.25, -0.2) is 14.5 Å². The summed E-state index contributed by atoms with van der Waals surface area (Å²) in [5.74, 6) is 0. The van der Waals surface area contributed by atoms with E-state index in [1.165, 1.54) is 11.8 Å². The molecular weight excluding hydrogens is 244 g/mol. The van der Waals surface area contributed by atoms with Gasteiger partial charge in [-0.2, -0.15) is 0 Å². The summed E-state index contributed by atoms with van der Waals surface area (Å²) >= 11 is 7.60. The molecule has 0 amide bonds. The third kappa shape index (κ3) is 1.36. The molecule has 0 saturated carbocycles. The Morgan fingerprint density at radius 3 is 3.00 bits per heavy atom. The van der Waals surface area contributed by atoms with Gasteiger partial charge in [-0.3, -0.25) is 0 Å². The number of halogens is 1. The van der Waals surface area contributed by atoms with Gasteiger partial charge >= 0.3 is 0 Å². The van der Waals surface area contributed by atoms with Crippen LogP contribution < -0.4 is 0 Å². The van der Waals surface area contributed by atoms with E-state index in [2.05, 4.69) is 15.1 Å². The second-order valence-electron chi connectivity index (χ2n) is 3.23. The number of thioether (sulfide) groups is 1. The fraction of sp³-hybridized carbons (Fsp3) is 0.100. The Kier molecular flexibility index (Phi) is 2.22. The highest BCUT2D eigenvalue weighted by Crippen LogP contribution is 2.26.